The summed E-state index contributed by atoms with van der Waals surface area (Å²) in [5, 5.41) is 16.0. The molecular weight excluding hydrogens is 499 g/mol. The maximum atomic E-state index is 13.3. The standard InChI is InChI=1S/C23H26F3N7O2.ClH/c1-27-22(34)32-11-10-19(18(14-32)15-6-4-3-5-7-15)28-13-16-12-17(8-9-20(16)35-2)33-21(23(24,25)26)29-30-31-33;/h3-9,12,18-19,28H,10-11,13-14H2,1-2H3,(H,27,34);1H/t18-,19-;/m0./s1. The van der Waals surface area contributed by atoms with Crippen LogP contribution in [0.25, 0.3) is 5.69 Å². The lowest BCUT2D eigenvalue weighted by Gasteiger charge is -2.39. The number of methoxy groups -OCH3 is 1. The number of likely N-dealkylation sites (tertiary alicyclic amines) is 1. The molecule has 9 nitrogen and oxygen atoms in total. The van der Waals surface area contributed by atoms with Crippen LogP contribution in [0.5, 0.6) is 5.75 Å². The van der Waals surface area contributed by atoms with Gasteiger partial charge in [-0.15, -0.1) is 17.5 Å². The Morgan fingerprint density at radius 1 is 1.19 bits per heavy atom. The number of nitrogens with zero attached hydrogens (tertiary/aromatic N) is 5. The number of carbonyl (C=O) groups is 1. The Hall–Kier alpha value is -3.38. The number of aromatic nitrogens is 4. The molecule has 1 fully saturated rings. The van der Waals surface area contributed by atoms with Crippen molar-refractivity contribution in [1.82, 2.24) is 35.7 Å². The third kappa shape index (κ3) is 5.88. The summed E-state index contributed by atoms with van der Waals surface area (Å²) in [4.78, 5) is 14.0. The number of alkyl halides is 3. The lowest BCUT2D eigenvalue weighted by atomic mass is 9.86. The highest BCUT2D eigenvalue weighted by Gasteiger charge is 2.38. The molecule has 1 aliphatic rings. The second-order valence-electron chi connectivity index (χ2n) is 8.20. The van der Waals surface area contributed by atoms with Crippen LogP contribution in [-0.4, -0.2) is 64.4 Å². The summed E-state index contributed by atoms with van der Waals surface area (Å²) in [6, 6.07) is 14.5. The number of amides is 2. The van der Waals surface area contributed by atoms with E-state index in [1.807, 2.05) is 30.3 Å². The van der Waals surface area contributed by atoms with Crippen molar-refractivity contribution in [3.8, 4) is 11.4 Å². The second kappa shape index (κ2) is 11.6. The number of tetrazole rings is 1. The van der Waals surface area contributed by atoms with Gasteiger partial charge in [0.15, 0.2) is 0 Å². The van der Waals surface area contributed by atoms with Crippen LogP contribution in [0.3, 0.4) is 0 Å². The summed E-state index contributed by atoms with van der Waals surface area (Å²) in [6.07, 6.45) is -3.98. The molecule has 0 saturated carbocycles. The predicted molar refractivity (Wildman–Crippen MR) is 128 cm³/mol. The van der Waals surface area contributed by atoms with Gasteiger partial charge in [0.2, 0.25) is 0 Å². The number of benzene rings is 2. The summed E-state index contributed by atoms with van der Waals surface area (Å²) >= 11 is 0. The fraction of sp³-hybridized carbons (Fsp3) is 0.391. The first kappa shape index (κ1) is 27.2. The van der Waals surface area contributed by atoms with Crippen LogP contribution < -0.4 is 15.4 Å². The smallest absolute Gasteiger partial charge is 0.453 e. The SMILES string of the molecule is CNC(=O)N1CC[C@H](NCc2cc(-n3nnnc3C(F)(F)F)ccc2OC)[C@H](c2ccccc2)C1.Cl. The number of hydrogen-bond donors (Lipinski definition) is 2. The van der Waals surface area contributed by atoms with Gasteiger partial charge in [-0.25, -0.2) is 4.79 Å². The average Bonchev–Trinajstić information content (AvgIpc) is 3.38. The quantitative estimate of drug-likeness (QED) is 0.512. The molecule has 0 radical (unpaired) electrons. The van der Waals surface area contributed by atoms with Crippen molar-refractivity contribution in [3.05, 3.63) is 65.5 Å². The molecule has 2 atom stereocenters. The highest BCUT2D eigenvalue weighted by atomic mass is 35.5. The third-order valence-corrected chi connectivity index (χ3v) is 6.13. The van der Waals surface area contributed by atoms with Gasteiger partial charge in [0.25, 0.3) is 5.82 Å². The summed E-state index contributed by atoms with van der Waals surface area (Å²) in [5.74, 6) is -0.637. The molecule has 3 aromatic rings. The molecule has 2 heterocycles. The fourth-order valence-corrected chi connectivity index (χ4v) is 4.39. The molecule has 194 valence electrons. The highest BCUT2D eigenvalue weighted by molar-refractivity contribution is 5.85. The molecule has 4 rings (SSSR count). The van der Waals surface area contributed by atoms with Crippen LogP contribution in [0.15, 0.2) is 48.5 Å². The van der Waals surface area contributed by atoms with Gasteiger partial charge in [-0.2, -0.15) is 17.9 Å². The van der Waals surface area contributed by atoms with Crippen LogP contribution in [0.2, 0.25) is 0 Å². The number of halogens is 4. The molecule has 0 bridgehead atoms. The summed E-state index contributed by atoms with van der Waals surface area (Å²) in [7, 11) is 3.11. The van der Waals surface area contributed by atoms with E-state index in [1.165, 1.54) is 13.2 Å². The third-order valence-electron chi connectivity index (χ3n) is 6.13. The Balaban J connectivity index is 0.00000361. The van der Waals surface area contributed by atoms with E-state index in [4.69, 9.17) is 4.74 Å². The van der Waals surface area contributed by atoms with Crippen LogP contribution in [0.4, 0.5) is 18.0 Å². The molecule has 0 spiro atoms. The Bertz CT molecular complexity index is 1160. The Kier molecular flexibility index (Phi) is 8.75. The van der Waals surface area contributed by atoms with Crippen molar-refractivity contribution in [2.45, 2.75) is 31.1 Å². The number of piperidine rings is 1. The van der Waals surface area contributed by atoms with E-state index >= 15 is 0 Å². The van der Waals surface area contributed by atoms with E-state index in [-0.39, 0.29) is 36.1 Å². The van der Waals surface area contributed by atoms with Gasteiger partial charge in [-0.1, -0.05) is 30.3 Å². The van der Waals surface area contributed by atoms with Crippen molar-refractivity contribution in [3.63, 3.8) is 0 Å². The van der Waals surface area contributed by atoms with Crippen LogP contribution in [-0.2, 0) is 12.7 Å². The summed E-state index contributed by atoms with van der Waals surface area (Å²) in [6.45, 7) is 1.46. The Morgan fingerprint density at radius 3 is 2.61 bits per heavy atom. The first-order valence-electron chi connectivity index (χ1n) is 11.1. The maximum Gasteiger partial charge on any atom is 0.453 e. The van der Waals surface area contributed by atoms with Gasteiger partial charge in [-0.3, -0.25) is 0 Å². The topological polar surface area (TPSA) is 97.2 Å². The molecule has 1 aliphatic heterocycles. The lowest BCUT2D eigenvalue weighted by Crippen LogP contribution is -2.51. The molecule has 13 heteroatoms. The first-order chi connectivity index (χ1) is 16.8. The molecule has 0 aliphatic carbocycles. The van der Waals surface area contributed by atoms with Gasteiger partial charge in [0.1, 0.15) is 5.75 Å². The zero-order valence-electron chi connectivity index (χ0n) is 19.7. The van der Waals surface area contributed by atoms with Crippen LogP contribution in [0, 0.1) is 0 Å². The molecule has 1 saturated heterocycles. The van der Waals surface area contributed by atoms with Crippen molar-refractivity contribution in [1.29, 1.82) is 0 Å². The lowest BCUT2D eigenvalue weighted by molar-refractivity contribution is -0.146. The van der Waals surface area contributed by atoms with Gasteiger partial charge < -0.3 is 20.3 Å². The minimum atomic E-state index is -4.69. The largest absolute Gasteiger partial charge is 0.496 e. The minimum Gasteiger partial charge on any atom is -0.496 e. The van der Waals surface area contributed by atoms with E-state index in [1.54, 1.807) is 24.1 Å². The summed E-state index contributed by atoms with van der Waals surface area (Å²) in [5.41, 5.74) is 1.94. The number of nitrogens with one attached hydrogen (secondary N) is 2. The molecule has 1 aromatic heterocycles. The predicted octanol–water partition coefficient (Wildman–Crippen LogP) is 3.40. The molecule has 2 N–H and O–H groups in total. The number of ether oxygens (including phenoxy) is 1. The van der Waals surface area contributed by atoms with E-state index in [0.29, 0.717) is 42.0 Å². The molecule has 36 heavy (non-hydrogen) atoms. The Morgan fingerprint density at radius 2 is 1.94 bits per heavy atom. The zero-order valence-corrected chi connectivity index (χ0v) is 20.5. The second-order valence-corrected chi connectivity index (χ2v) is 8.20. The molecular formula is C23H27ClF3N7O2. The molecule has 2 amide bonds. The van der Waals surface area contributed by atoms with Gasteiger partial charge >= 0.3 is 12.2 Å². The van der Waals surface area contributed by atoms with Gasteiger partial charge in [0, 0.05) is 44.2 Å². The van der Waals surface area contributed by atoms with Crippen molar-refractivity contribution in [2.75, 3.05) is 27.2 Å². The van der Waals surface area contributed by atoms with Gasteiger partial charge in [0.05, 0.1) is 12.8 Å². The average molecular weight is 526 g/mol. The maximum absolute atomic E-state index is 13.3. The number of rotatable bonds is 6. The zero-order chi connectivity index (χ0) is 25.0. The van der Waals surface area contributed by atoms with E-state index in [2.05, 4.69) is 26.2 Å². The number of urea groups is 1. The summed E-state index contributed by atoms with van der Waals surface area (Å²) < 4.78 is 46.0. The number of hydrogen-bond acceptors (Lipinski definition) is 6. The van der Waals surface area contributed by atoms with E-state index in [9.17, 15) is 18.0 Å². The monoisotopic (exact) mass is 525 g/mol. The number of carbonyl (C=O) groups excluding carboxylic acids is 1. The fourth-order valence-electron chi connectivity index (χ4n) is 4.39. The first-order valence-corrected chi connectivity index (χ1v) is 11.1. The van der Waals surface area contributed by atoms with Crippen LogP contribution in [0.1, 0.15) is 29.3 Å². The normalized spacial score (nSPS) is 17.9. The van der Waals surface area contributed by atoms with Gasteiger partial charge in [-0.05, 0) is 40.6 Å². The van der Waals surface area contributed by atoms with E-state index in [0.717, 1.165) is 5.56 Å². The van der Waals surface area contributed by atoms with E-state index < -0.39 is 12.0 Å². The van der Waals surface area contributed by atoms with Crippen molar-refractivity contribution >= 4 is 18.4 Å². The Labute approximate surface area is 212 Å². The molecule has 0 unspecified atom stereocenters. The minimum absolute atomic E-state index is 0. The van der Waals surface area contributed by atoms with Crippen molar-refractivity contribution in [2.24, 2.45) is 0 Å². The highest BCUT2D eigenvalue weighted by Crippen LogP contribution is 2.31. The van der Waals surface area contributed by atoms with Crippen molar-refractivity contribution < 1.29 is 22.7 Å². The molecule has 2 aromatic carbocycles. The van der Waals surface area contributed by atoms with Crippen LogP contribution >= 0.6 is 12.4 Å².